The molecule has 0 radical (unpaired) electrons. The molecule has 0 spiro atoms. The van der Waals surface area contributed by atoms with Gasteiger partial charge in [-0.1, -0.05) is 25.1 Å². The first kappa shape index (κ1) is 12.2. The smallest absolute Gasteiger partial charge is 0.124 e. The van der Waals surface area contributed by atoms with Crippen molar-refractivity contribution in [3.8, 4) is 5.75 Å². The normalized spacial score (nSPS) is 17.2. The molecule has 0 amide bonds. The number of benzene rings is 1. The number of hydrogen-bond acceptors (Lipinski definition) is 3. The summed E-state index contributed by atoms with van der Waals surface area (Å²) >= 11 is 0. The Balaban J connectivity index is 1.82. The van der Waals surface area contributed by atoms with Gasteiger partial charge < -0.3 is 14.6 Å². The molecule has 100 valence electrons. The molecule has 1 N–H and O–H groups in total. The monoisotopic (exact) mass is 257 g/mol. The second-order valence-electron chi connectivity index (χ2n) is 4.83. The van der Waals surface area contributed by atoms with Gasteiger partial charge in [-0.15, -0.1) is 0 Å². The molecule has 0 aliphatic carbocycles. The molecule has 4 heteroatoms. The van der Waals surface area contributed by atoms with E-state index in [4.69, 9.17) is 4.74 Å². The number of aromatic nitrogens is 2. The second-order valence-corrected chi connectivity index (χ2v) is 4.83. The van der Waals surface area contributed by atoms with Gasteiger partial charge in [0.1, 0.15) is 12.4 Å². The Morgan fingerprint density at radius 1 is 1.42 bits per heavy atom. The lowest BCUT2D eigenvalue weighted by Gasteiger charge is -2.15. The molecule has 19 heavy (non-hydrogen) atoms. The van der Waals surface area contributed by atoms with Crippen LogP contribution in [0.3, 0.4) is 0 Å². The van der Waals surface area contributed by atoms with Crippen LogP contribution in [-0.2, 0) is 6.54 Å². The summed E-state index contributed by atoms with van der Waals surface area (Å²) in [5.74, 6) is 0.994. The summed E-state index contributed by atoms with van der Waals surface area (Å²) in [5, 5.41) is 3.42. The highest BCUT2D eigenvalue weighted by atomic mass is 16.5. The number of fused-ring (bicyclic) bond motifs is 1. The second kappa shape index (κ2) is 5.45. The van der Waals surface area contributed by atoms with E-state index in [-0.39, 0.29) is 6.04 Å². The van der Waals surface area contributed by atoms with Crippen LogP contribution in [0.5, 0.6) is 5.75 Å². The van der Waals surface area contributed by atoms with Gasteiger partial charge in [-0.05, 0) is 19.0 Å². The van der Waals surface area contributed by atoms with Crippen molar-refractivity contribution in [1.82, 2.24) is 14.9 Å². The molecular weight excluding hydrogens is 238 g/mol. The molecule has 2 aromatic rings. The Kier molecular flexibility index (Phi) is 3.51. The van der Waals surface area contributed by atoms with Gasteiger partial charge in [0.15, 0.2) is 0 Å². The van der Waals surface area contributed by atoms with Crippen molar-refractivity contribution in [3.05, 3.63) is 48.0 Å². The third-order valence-electron chi connectivity index (χ3n) is 3.49. The third-order valence-corrected chi connectivity index (χ3v) is 3.49. The van der Waals surface area contributed by atoms with Crippen LogP contribution in [0.1, 0.15) is 30.6 Å². The molecule has 1 aliphatic heterocycles. The first-order chi connectivity index (χ1) is 9.40. The maximum atomic E-state index is 5.75. The van der Waals surface area contributed by atoms with E-state index >= 15 is 0 Å². The van der Waals surface area contributed by atoms with Crippen molar-refractivity contribution in [3.63, 3.8) is 0 Å². The SMILES string of the molecule is CCCNCc1cncn1C1COc2ccccc21. The highest BCUT2D eigenvalue weighted by Crippen LogP contribution is 2.34. The van der Waals surface area contributed by atoms with Crippen molar-refractivity contribution < 1.29 is 4.74 Å². The van der Waals surface area contributed by atoms with Crippen LogP contribution in [0.4, 0.5) is 0 Å². The first-order valence-electron chi connectivity index (χ1n) is 6.83. The van der Waals surface area contributed by atoms with Crippen molar-refractivity contribution in [1.29, 1.82) is 0 Å². The minimum atomic E-state index is 0.247. The molecule has 3 rings (SSSR count). The lowest BCUT2D eigenvalue weighted by Crippen LogP contribution is -2.20. The average molecular weight is 257 g/mol. The van der Waals surface area contributed by atoms with Gasteiger partial charge >= 0.3 is 0 Å². The van der Waals surface area contributed by atoms with Crippen LogP contribution in [0.25, 0.3) is 0 Å². The summed E-state index contributed by atoms with van der Waals surface area (Å²) in [4.78, 5) is 4.29. The molecule has 0 bridgehead atoms. The third kappa shape index (κ3) is 2.36. The Hall–Kier alpha value is -1.81. The fourth-order valence-electron chi connectivity index (χ4n) is 2.52. The zero-order valence-corrected chi connectivity index (χ0v) is 11.2. The zero-order chi connectivity index (χ0) is 13.1. The van der Waals surface area contributed by atoms with Crippen LogP contribution < -0.4 is 10.1 Å². The Morgan fingerprint density at radius 2 is 2.32 bits per heavy atom. The average Bonchev–Trinajstić information content (AvgIpc) is 3.04. The largest absolute Gasteiger partial charge is 0.491 e. The lowest BCUT2D eigenvalue weighted by molar-refractivity contribution is 0.314. The van der Waals surface area contributed by atoms with E-state index in [2.05, 4.69) is 33.9 Å². The standard InChI is InChI=1S/C15H19N3O/c1-2-7-16-8-12-9-17-11-18(12)14-10-19-15-6-4-3-5-13(14)15/h3-6,9,11,14,16H,2,7-8,10H2,1H3. The van der Waals surface area contributed by atoms with E-state index in [1.54, 1.807) is 0 Å². The molecule has 0 fully saturated rings. The van der Waals surface area contributed by atoms with Crippen LogP contribution in [-0.4, -0.2) is 22.7 Å². The van der Waals surface area contributed by atoms with E-state index in [0.717, 1.165) is 25.3 Å². The lowest BCUT2D eigenvalue weighted by atomic mass is 10.1. The van der Waals surface area contributed by atoms with Crippen LogP contribution in [0, 0.1) is 0 Å². The van der Waals surface area contributed by atoms with Gasteiger partial charge in [0.25, 0.3) is 0 Å². The Bertz CT molecular complexity index is 550. The summed E-state index contributed by atoms with van der Waals surface area (Å²) in [5.41, 5.74) is 2.45. The van der Waals surface area contributed by atoms with Crippen molar-refractivity contribution >= 4 is 0 Å². The Morgan fingerprint density at radius 3 is 3.21 bits per heavy atom. The molecule has 1 unspecified atom stereocenters. The molecule has 2 heterocycles. The number of hydrogen-bond donors (Lipinski definition) is 1. The van der Waals surface area contributed by atoms with Gasteiger partial charge in [-0.2, -0.15) is 0 Å². The molecule has 1 aliphatic rings. The predicted octanol–water partition coefficient (Wildman–Crippen LogP) is 2.36. The van der Waals surface area contributed by atoms with E-state index < -0.39 is 0 Å². The zero-order valence-electron chi connectivity index (χ0n) is 11.2. The predicted molar refractivity (Wildman–Crippen MR) is 74.3 cm³/mol. The van der Waals surface area contributed by atoms with Gasteiger partial charge in [0.05, 0.1) is 18.1 Å². The van der Waals surface area contributed by atoms with Gasteiger partial charge in [-0.25, -0.2) is 4.98 Å². The topological polar surface area (TPSA) is 39.1 Å². The quantitative estimate of drug-likeness (QED) is 0.836. The molecule has 0 saturated heterocycles. The summed E-state index contributed by atoms with van der Waals surface area (Å²) in [6.45, 7) is 4.75. The van der Waals surface area contributed by atoms with E-state index in [9.17, 15) is 0 Å². The van der Waals surface area contributed by atoms with Crippen LogP contribution in [0.15, 0.2) is 36.8 Å². The first-order valence-corrected chi connectivity index (χ1v) is 6.83. The molecule has 1 aromatic heterocycles. The fourth-order valence-corrected chi connectivity index (χ4v) is 2.52. The van der Waals surface area contributed by atoms with E-state index in [1.807, 2.05) is 24.7 Å². The van der Waals surface area contributed by atoms with Gasteiger partial charge in [-0.3, -0.25) is 0 Å². The Labute approximate surface area is 113 Å². The molecular formula is C15H19N3O. The number of rotatable bonds is 5. The minimum Gasteiger partial charge on any atom is -0.491 e. The number of nitrogens with one attached hydrogen (secondary N) is 1. The number of imidazole rings is 1. The maximum absolute atomic E-state index is 5.75. The summed E-state index contributed by atoms with van der Waals surface area (Å²) in [6.07, 6.45) is 4.98. The summed E-state index contributed by atoms with van der Waals surface area (Å²) in [7, 11) is 0. The van der Waals surface area contributed by atoms with Crippen LogP contribution in [0.2, 0.25) is 0 Å². The van der Waals surface area contributed by atoms with E-state index in [1.165, 1.54) is 11.3 Å². The van der Waals surface area contributed by atoms with Gasteiger partial charge in [0.2, 0.25) is 0 Å². The number of nitrogens with zero attached hydrogens (tertiary/aromatic N) is 2. The number of ether oxygens (including phenoxy) is 1. The molecule has 4 nitrogen and oxygen atoms in total. The maximum Gasteiger partial charge on any atom is 0.124 e. The van der Waals surface area contributed by atoms with Crippen LogP contribution >= 0.6 is 0 Å². The summed E-state index contributed by atoms with van der Waals surface area (Å²) in [6, 6.07) is 8.49. The molecule has 1 aromatic carbocycles. The highest BCUT2D eigenvalue weighted by Gasteiger charge is 2.26. The molecule has 0 saturated carbocycles. The molecule has 1 atom stereocenters. The van der Waals surface area contributed by atoms with E-state index in [0.29, 0.717) is 6.61 Å². The number of para-hydroxylation sites is 1. The summed E-state index contributed by atoms with van der Waals surface area (Å²) < 4.78 is 7.96. The highest BCUT2D eigenvalue weighted by molar-refractivity contribution is 5.40. The fraction of sp³-hybridized carbons (Fsp3) is 0.400. The van der Waals surface area contributed by atoms with Gasteiger partial charge in [0, 0.05) is 18.3 Å². The van der Waals surface area contributed by atoms with Crippen molar-refractivity contribution in [2.24, 2.45) is 0 Å². The van der Waals surface area contributed by atoms with Crippen molar-refractivity contribution in [2.75, 3.05) is 13.2 Å². The minimum absolute atomic E-state index is 0.247. The van der Waals surface area contributed by atoms with Crippen molar-refractivity contribution in [2.45, 2.75) is 25.9 Å².